The van der Waals surface area contributed by atoms with Crippen LogP contribution in [-0.4, -0.2) is 11.2 Å². The molecule has 0 radical (unpaired) electrons. The van der Waals surface area contributed by atoms with Crippen LogP contribution in [0.2, 0.25) is 0 Å². The van der Waals surface area contributed by atoms with Crippen LogP contribution in [0, 0.1) is 11.8 Å². The predicted octanol–water partition coefficient (Wildman–Crippen LogP) is 6.92. The van der Waals surface area contributed by atoms with Crippen molar-refractivity contribution < 1.29 is 9.47 Å². The maximum atomic E-state index is 6.81. The second kappa shape index (κ2) is 5.70. The van der Waals surface area contributed by atoms with Gasteiger partial charge in [-0.1, -0.05) is 41.5 Å². The van der Waals surface area contributed by atoms with Crippen molar-refractivity contribution in [2.75, 3.05) is 0 Å². The van der Waals surface area contributed by atoms with Gasteiger partial charge in [-0.05, 0) is 69.3 Å². The molecule has 28 heavy (non-hydrogen) atoms. The summed E-state index contributed by atoms with van der Waals surface area (Å²) < 4.78 is 13.6. The first kappa shape index (κ1) is 18.8. The van der Waals surface area contributed by atoms with Crippen LogP contribution in [-0.2, 0) is 10.8 Å². The van der Waals surface area contributed by atoms with Crippen molar-refractivity contribution in [1.82, 2.24) is 0 Å². The fourth-order valence-electron chi connectivity index (χ4n) is 6.78. The Morgan fingerprint density at radius 1 is 0.643 bits per heavy atom. The Bertz CT molecular complexity index is 724. The Hall–Kier alpha value is -1.18. The zero-order chi connectivity index (χ0) is 19.9. The second-order valence-corrected chi connectivity index (χ2v) is 11.7. The van der Waals surface area contributed by atoms with Crippen LogP contribution in [0.25, 0.3) is 0 Å². The number of ether oxygens (including phenoxy) is 2. The van der Waals surface area contributed by atoms with Gasteiger partial charge in [-0.2, -0.15) is 0 Å². The van der Waals surface area contributed by atoms with Crippen LogP contribution >= 0.6 is 0 Å². The van der Waals surface area contributed by atoms with Gasteiger partial charge in [-0.15, -0.1) is 0 Å². The van der Waals surface area contributed by atoms with Crippen LogP contribution in [0.3, 0.4) is 0 Å². The third kappa shape index (κ3) is 2.27. The summed E-state index contributed by atoms with van der Waals surface area (Å²) in [5.41, 5.74) is 2.89. The molecule has 0 atom stereocenters. The molecule has 0 amide bonds. The minimum absolute atomic E-state index is 0.0287. The maximum absolute atomic E-state index is 6.81. The van der Waals surface area contributed by atoms with E-state index in [9.17, 15) is 0 Å². The fraction of sp³-hybridized carbons (Fsp3) is 0.769. The van der Waals surface area contributed by atoms with E-state index in [0.29, 0.717) is 0 Å². The average molecular weight is 383 g/mol. The van der Waals surface area contributed by atoms with Crippen LogP contribution in [0.15, 0.2) is 12.1 Å². The van der Waals surface area contributed by atoms with Crippen LogP contribution < -0.4 is 9.47 Å². The molecule has 0 aromatic heterocycles. The predicted molar refractivity (Wildman–Crippen MR) is 114 cm³/mol. The highest BCUT2D eigenvalue weighted by Gasteiger charge is 2.59. The molecule has 0 unspecified atom stereocenters. The fourth-order valence-corrected chi connectivity index (χ4v) is 6.78. The normalized spacial score (nSPS) is 40.1. The highest BCUT2D eigenvalue weighted by Crippen LogP contribution is 2.61. The van der Waals surface area contributed by atoms with Crippen molar-refractivity contribution in [2.24, 2.45) is 11.8 Å². The number of fused-ring (bicyclic) bond motifs is 2. The summed E-state index contributed by atoms with van der Waals surface area (Å²) in [4.78, 5) is 0. The van der Waals surface area contributed by atoms with Gasteiger partial charge >= 0.3 is 0 Å². The van der Waals surface area contributed by atoms with Crippen molar-refractivity contribution in [3.8, 4) is 11.5 Å². The van der Waals surface area contributed by atoms with Gasteiger partial charge in [0.25, 0.3) is 0 Å². The molecule has 1 aromatic carbocycles. The molecule has 2 heterocycles. The van der Waals surface area contributed by atoms with E-state index >= 15 is 0 Å². The highest BCUT2D eigenvalue weighted by molar-refractivity contribution is 5.59. The van der Waals surface area contributed by atoms with E-state index < -0.39 is 0 Å². The van der Waals surface area contributed by atoms with Crippen LogP contribution in [0.5, 0.6) is 11.5 Å². The quantitative estimate of drug-likeness (QED) is 0.484. The van der Waals surface area contributed by atoms with Gasteiger partial charge in [0, 0.05) is 28.0 Å². The van der Waals surface area contributed by atoms with Crippen molar-refractivity contribution >= 4 is 0 Å². The van der Waals surface area contributed by atoms with Crippen LogP contribution in [0.1, 0.15) is 104 Å². The maximum Gasteiger partial charge on any atom is 0.127 e. The smallest absolute Gasteiger partial charge is 0.127 e. The molecule has 2 aliphatic carbocycles. The lowest BCUT2D eigenvalue weighted by molar-refractivity contribution is -0.0187. The molecule has 4 aliphatic rings. The molecule has 2 fully saturated rings. The summed E-state index contributed by atoms with van der Waals surface area (Å²) in [6.07, 6.45) is 9.81. The molecule has 0 saturated heterocycles. The molecule has 154 valence electrons. The Morgan fingerprint density at radius 3 is 1.36 bits per heavy atom. The minimum Gasteiger partial charge on any atom is -0.486 e. The van der Waals surface area contributed by atoms with E-state index in [2.05, 4.69) is 53.7 Å². The molecule has 2 aliphatic heterocycles. The summed E-state index contributed by atoms with van der Waals surface area (Å²) in [7, 11) is 0. The van der Waals surface area contributed by atoms with E-state index in [1.807, 2.05) is 0 Å². The number of hydrogen-bond acceptors (Lipinski definition) is 2. The molecule has 2 spiro atoms. The SMILES string of the molecule is CC1CCC2(CC1)Oc1cc3c(cc1C2(C)C)C(C)(C)C1(CCC(C)CC1)O3. The summed E-state index contributed by atoms with van der Waals surface area (Å²) in [5, 5.41) is 0. The molecule has 1 aromatic rings. The Labute approximate surface area is 171 Å². The standard InChI is InChI=1S/C26H38O2/c1-17-7-11-25(12-8-17)23(3,4)19-15-20-22(16-21(19)27-25)28-26(24(20,5)6)13-9-18(2)10-14-26/h15-18H,7-14H2,1-6H3. The minimum atomic E-state index is -0.0287. The second-order valence-electron chi connectivity index (χ2n) is 11.7. The van der Waals surface area contributed by atoms with Gasteiger partial charge in [0.1, 0.15) is 22.7 Å². The molecular formula is C26H38O2. The van der Waals surface area contributed by atoms with Gasteiger partial charge in [0.15, 0.2) is 0 Å². The molecular weight excluding hydrogens is 344 g/mol. The summed E-state index contributed by atoms with van der Waals surface area (Å²) in [6, 6.07) is 4.73. The van der Waals surface area contributed by atoms with Crippen molar-refractivity contribution in [3.63, 3.8) is 0 Å². The lowest BCUT2D eigenvalue weighted by Gasteiger charge is -2.45. The van der Waals surface area contributed by atoms with E-state index in [-0.39, 0.29) is 22.0 Å². The van der Waals surface area contributed by atoms with Crippen molar-refractivity contribution in [3.05, 3.63) is 23.3 Å². The van der Waals surface area contributed by atoms with Gasteiger partial charge in [-0.25, -0.2) is 0 Å². The summed E-state index contributed by atoms with van der Waals surface area (Å²) in [5.74, 6) is 3.84. The van der Waals surface area contributed by atoms with E-state index in [1.165, 1.54) is 62.5 Å². The number of benzene rings is 1. The Morgan fingerprint density at radius 2 is 1.00 bits per heavy atom. The molecule has 2 nitrogen and oxygen atoms in total. The summed E-state index contributed by atoms with van der Waals surface area (Å²) in [6.45, 7) is 14.4. The first-order chi connectivity index (χ1) is 13.1. The Kier molecular flexibility index (Phi) is 3.83. The molecule has 0 bridgehead atoms. The third-order valence-corrected chi connectivity index (χ3v) is 9.48. The van der Waals surface area contributed by atoms with E-state index in [4.69, 9.17) is 9.47 Å². The topological polar surface area (TPSA) is 18.5 Å². The van der Waals surface area contributed by atoms with E-state index in [0.717, 1.165) is 23.3 Å². The lowest BCUT2D eigenvalue weighted by Crippen LogP contribution is -2.51. The van der Waals surface area contributed by atoms with E-state index in [1.54, 1.807) is 0 Å². The van der Waals surface area contributed by atoms with Gasteiger partial charge in [0.05, 0.1) is 0 Å². The molecule has 2 heteroatoms. The van der Waals surface area contributed by atoms with Gasteiger partial charge in [0.2, 0.25) is 0 Å². The monoisotopic (exact) mass is 382 g/mol. The molecule has 0 N–H and O–H groups in total. The van der Waals surface area contributed by atoms with Crippen molar-refractivity contribution in [1.29, 1.82) is 0 Å². The molecule has 2 saturated carbocycles. The first-order valence-corrected chi connectivity index (χ1v) is 11.7. The lowest BCUT2D eigenvalue weighted by atomic mass is 9.61. The number of rotatable bonds is 0. The summed E-state index contributed by atoms with van der Waals surface area (Å²) >= 11 is 0. The number of hydrogen-bond donors (Lipinski definition) is 0. The van der Waals surface area contributed by atoms with Gasteiger partial charge in [-0.3, -0.25) is 0 Å². The van der Waals surface area contributed by atoms with Crippen LogP contribution in [0.4, 0.5) is 0 Å². The van der Waals surface area contributed by atoms with Crippen molar-refractivity contribution in [2.45, 2.75) is 115 Å². The third-order valence-electron chi connectivity index (χ3n) is 9.48. The average Bonchev–Trinajstić information content (AvgIpc) is 2.98. The first-order valence-electron chi connectivity index (χ1n) is 11.7. The van der Waals surface area contributed by atoms with Gasteiger partial charge < -0.3 is 9.47 Å². The zero-order valence-corrected chi connectivity index (χ0v) is 18.8. The molecule has 5 rings (SSSR count). The Balaban J connectivity index is 1.54. The largest absolute Gasteiger partial charge is 0.486 e. The zero-order valence-electron chi connectivity index (χ0n) is 18.8. The highest BCUT2D eigenvalue weighted by atomic mass is 16.5.